The Kier molecular flexibility index (Phi) is 8.73. The van der Waals surface area contributed by atoms with Gasteiger partial charge in [0.15, 0.2) is 0 Å². The number of hydrogen-bond acceptors (Lipinski definition) is 8. The highest BCUT2D eigenvalue weighted by atomic mass is 19.1. The number of aromatic nitrogens is 5. The van der Waals surface area contributed by atoms with Gasteiger partial charge in [-0.2, -0.15) is 10.4 Å². The average Bonchev–Trinajstić information content (AvgIpc) is 3.67. The van der Waals surface area contributed by atoms with Crippen molar-refractivity contribution in [1.82, 2.24) is 29.6 Å². The van der Waals surface area contributed by atoms with E-state index in [1.807, 2.05) is 55.5 Å². The Balaban J connectivity index is 0.961. The molecule has 0 spiro atoms. The molecule has 1 saturated heterocycles. The summed E-state index contributed by atoms with van der Waals surface area (Å²) in [5.41, 5.74) is 7.42. The van der Waals surface area contributed by atoms with Gasteiger partial charge in [-0.3, -0.25) is 14.8 Å². The standard InChI is InChI=1S/C39H35FN8O3/c1-24-31-18-27(7-9-34(31)46-45-24)39(49)42-29-8-10-35-36(19-29)48(21-30-13-16-50-30)37(43-35)22-47-14-11-26(12-15-47)33-3-2-4-38(44-33)51-23-28-6-5-25(20-41)17-32(28)40/h2-11,17-19,30H,12-16,21-23H2,1H3,(H,42,49)(H,45,46). The molecule has 1 fully saturated rings. The number of carbonyl (C=O) groups excluding carboxylic acids is 1. The molecule has 3 aromatic heterocycles. The van der Waals surface area contributed by atoms with Crippen molar-refractivity contribution in [1.29, 1.82) is 5.26 Å². The van der Waals surface area contributed by atoms with Crippen LogP contribution in [0.4, 0.5) is 10.1 Å². The van der Waals surface area contributed by atoms with Crippen LogP contribution in [0, 0.1) is 24.1 Å². The smallest absolute Gasteiger partial charge is 0.255 e. The van der Waals surface area contributed by atoms with Crippen molar-refractivity contribution in [2.45, 2.75) is 45.6 Å². The second-order valence-corrected chi connectivity index (χ2v) is 12.9. The molecule has 0 bridgehead atoms. The molecule has 2 N–H and O–H groups in total. The molecule has 2 aliphatic heterocycles. The number of nitriles is 1. The van der Waals surface area contributed by atoms with Gasteiger partial charge in [0, 0.05) is 48.0 Å². The second-order valence-electron chi connectivity index (χ2n) is 12.9. The zero-order valence-corrected chi connectivity index (χ0v) is 28.0. The number of pyridine rings is 1. The van der Waals surface area contributed by atoms with E-state index >= 15 is 0 Å². The Labute approximate surface area is 293 Å². The van der Waals surface area contributed by atoms with E-state index in [9.17, 15) is 9.18 Å². The maximum Gasteiger partial charge on any atom is 0.255 e. The third-order valence-electron chi connectivity index (χ3n) is 9.55. The van der Waals surface area contributed by atoms with E-state index in [4.69, 9.17) is 19.7 Å². The summed E-state index contributed by atoms with van der Waals surface area (Å²) in [5.74, 6) is 0.700. The van der Waals surface area contributed by atoms with Gasteiger partial charge in [0.1, 0.15) is 18.2 Å². The zero-order valence-electron chi connectivity index (χ0n) is 28.0. The maximum atomic E-state index is 14.3. The minimum absolute atomic E-state index is 0.0174. The normalized spacial score (nSPS) is 16.1. The number of amides is 1. The number of halogens is 1. The van der Waals surface area contributed by atoms with Gasteiger partial charge in [-0.25, -0.2) is 14.4 Å². The average molecular weight is 683 g/mol. The SMILES string of the molecule is Cc1n[nH]c2ccc(C(=O)Nc3ccc4nc(CN5CC=C(c6cccc(OCc7ccc(C#N)cc7F)n6)CC5)n(CC5CCO5)c4c3)cc12. The molecule has 12 heteroatoms. The van der Waals surface area contributed by atoms with Gasteiger partial charge in [-0.1, -0.05) is 18.2 Å². The summed E-state index contributed by atoms with van der Waals surface area (Å²) in [4.78, 5) is 25.3. The van der Waals surface area contributed by atoms with E-state index in [2.05, 4.69) is 36.0 Å². The number of carbonyl (C=O) groups is 1. The molecule has 1 atom stereocenters. The first-order chi connectivity index (χ1) is 24.9. The van der Waals surface area contributed by atoms with E-state index in [1.165, 1.54) is 6.07 Å². The Morgan fingerprint density at radius 2 is 2.04 bits per heavy atom. The number of aryl methyl sites for hydroxylation is 1. The first-order valence-electron chi connectivity index (χ1n) is 17.0. The lowest BCUT2D eigenvalue weighted by Crippen LogP contribution is -2.33. The fraction of sp³-hybridized carbons (Fsp3) is 0.256. The van der Waals surface area contributed by atoms with E-state index in [0.29, 0.717) is 35.8 Å². The molecule has 2 aliphatic rings. The van der Waals surface area contributed by atoms with Crippen LogP contribution in [-0.4, -0.2) is 61.3 Å². The summed E-state index contributed by atoms with van der Waals surface area (Å²) in [6, 6.07) is 23.3. The van der Waals surface area contributed by atoms with Crippen LogP contribution in [0.1, 0.15) is 51.5 Å². The Morgan fingerprint density at radius 1 is 1.14 bits per heavy atom. The monoisotopic (exact) mass is 682 g/mol. The third kappa shape index (κ3) is 6.81. The minimum atomic E-state index is -0.476. The lowest BCUT2D eigenvalue weighted by atomic mass is 10.0. The molecule has 51 heavy (non-hydrogen) atoms. The summed E-state index contributed by atoms with van der Waals surface area (Å²) in [6.45, 7) is 5.59. The molecule has 5 heterocycles. The number of benzene rings is 3. The zero-order chi connectivity index (χ0) is 34.9. The molecule has 1 unspecified atom stereocenters. The van der Waals surface area contributed by atoms with Gasteiger partial charge in [0.25, 0.3) is 5.91 Å². The number of H-pyrrole nitrogens is 1. The number of anilines is 1. The molecule has 11 nitrogen and oxygen atoms in total. The van der Waals surface area contributed by atoms with Crippen LogP contribution in [0.25, 0.3) is 27.5 Å². The topological polar surface area (TPSA) is 134 Å². The fourth-order valence-corrected chi connectivity index (χ4v) is 6.54. The number of aromatic amines is 1. The van der Waals surface area contributed by atoms with Gasteiger partial charge < -0.3 is 19.4 Å². The number of ether oxygens (including phenoxy) is 2. The van der Waals surface area contributed by atoms with Crippen LogP contribution in [0.15, 0.2) is 78.9 Å². The summed E-state index contributed by atoms with van der Waals surface area (Å²) >= 11 is 0. The van der Waals surface area contributed by atoms with Crippen molar-refractivity contribution in [3.05, 3.63) is 119 Å². The van der Waals surface area contributed by atoms with Crippen LogP contribution < -0.4 is 10.1 Å². The first-order valence-corrected chi connectivity index (χ1v) is 17.0. The Bertz CT molecular complexity index is 2350. The van der Waals surface area contributed by atoms with Crippen LogP contribution in [-0.2, 0) is 24.4 Å². The summed E-state index contributed by atoms with van der Waals surface area (Å²) < 4.78 is 28.2. The number of fused-ring (bicyclic) bond motifs is 2. The maximum absolute atomic E-state index is 14.3. The van der Waals surface area contributed by atoms with Crippen molar-refractivity contribution in [2.75, 3.05) is 25.0 Å². The van der Waals surface area contributed by atoms with Gasteiger partial charge in [0.2, 0.25) is 5.88 Å². The second kappa shape index (κ2) is 13.8. The Morgan fingerprint density at radius 3 is 2.82 bits per heavy atom. The number of nitrogens with one attached hydrogen (secondary N) is 2. The van der Waals surface area contributed by atoms with Gasteiger partial charge in [-0.15, -0.1) is 0 Å². The van der Waals surface area contributed by atoms with Crippen LogP contribution >= 0.6 is 0 Å². The highest BCUT2D eigenvalue weighted by molar-refractivity contribution is 6.07. The molecule has 8 rings (SSSR count). The number of nitrogens with zero attached hydrogens (tertiary/aromatic N) is 6. The molecular formula is C39H35FN8O3. The van der Waals surface area contributed by atoms with Crippen LogP contribution in [0.3, 0.4) is 0 Å². The van der Waals surface area contributed by atoms with Gasteiger partial charge >= 0.3 is 0 Å². The molecule has 0 aliphatic carbocycles. The highest BCUT2D eigenvalue weighted by Crippen LogP contribution is 2.28. The molecular weight excluding hydrogens is 647 g/mol. The summed E-state index contributed by atoms with van der Waals surface area (Å²) in [6.07, 6.45) is 4.12. The molecule has 3 aromatic carbocycles. The lowest BCUT2D eigenvalue weighted by Gasteiger charge is -2.29. The number of rotatable bonds is 10. The van der Waals surface area contributed by atoms with Crippen LogP contribution in [0.5, 0.6) is 5.88 Å². The molecule has 256 valence electrons. The van der Waals surface area contributed by atoms with E-state index in [1.54, 1.807) is 24.3 Å². The molecule has 0 saturated carbocycles. The highest BCUT2D eigenvalue weighted by Gasteiger charge is 2.24. The predicted octanol–water partition coefficient (Wildman–Crippen LogP) is 6.54. The van der Waals surface area contributed by atoms with Crippen molar-refractivity contribution in [3.63, 3.8) is 0 Å². The van der Waals surface area contributed by atoms with Crippen molar-refractivity contribution in [3.8, 4) is 11.9 Å². The number of imidazole rings is 1. The largest absolute Gasteiger partial charge is 0.473 e. The van der Waals surface area contributed by atoms with E-state index in [-0.39, 0.29) is 24.2 Å². The van der Waals surface area contributed by atoms with E-state index < -0.39 is 5.82 Å². The third-order valence-corrected chi connectivity index (χ3v) is 9.55. The van der Waals surface area contributed by atoms with Crippen molar-refractivity contribution >= 4 is 39.1 Å². The van der Waals surface area contributed by atoms with E-state index in [0.717, 1.165) is 77.3 Å². The van der Waals surface area contributed by atoms with Gasteiger partial charge in [0.05, 0.1) is 58.8 Å². The summed E-state index contributed by atoms with van der Waals surface area (Å²) in [7, 11) is 0. The predicted molar refractivity (Wildman–Crippen MR) is 190 cm³/mol. The minimum Gasteiger partial charge on any atom is -0.473 e. The van der Waals surface area contributed by atoms with Crippen molar-refractivity contribution in [2.24, 2.45) is 0 Å². The van der Waals surface area contributed by atoms with Crippen LogP contribution in [0.2, 0.25) is 0 Å². The first kappa shape index (κ1) is 32.3. The molecule has 1 amide bonds. The van der Waals surface area contributed by atoms with Crippen molar-refractivity contribution < 1.29 is 18.7 Å². The Hall–Kier alpha value is -5.90. The molecule has 0 radical (unpaired) electrons. The fourth-order valence-electron chi connectivity index (χ4n) is 6.54. The van der Waals surface area contributed by atoms with Gasteiger partial charge in [-0.05, 0) is 79.9 Å². The molecule has 6 aromatic rings. The quantitative estimate of drug-likeness (QED) is 0.167. The number of hydrogen-bond donors (Lipinski definition) is 2. The summed E-state index contributed by atoms with van der Waals surface area (Å²) in [5, 5.41) is 20.2. The lowest BCUT2D eigenvalue weighted by molar-refractivity contribution is -0.0591.